The van der Waals surface area contributed by atoms with Gasteiger partial charge in [0, 0.05) is 11.1 Å². The van der Waals surface area contributed by atoms with Crippen LogP contribution < -0.4 is 14.9 Å². The lowest BCUT2D eigenvalue weighted by atomic mass is 10.2. The van der Waals surface area contributed by atoms with Crippen molar-refractivity contribution in [3.05, 3.63) is 98.0 Å². The van der Waals surface area contributed by atoms with E-state index in [2.05, 4.69) is 10.5 Å². The lowest BCUT2D eigenvalue weighted by Crippen LogP contribution is -2.24. The van der Waals surface area contributed by atoms with Crippen molar-refractivity contribution in [2.24, 2.45) is 5.10 Å². The van der Waals surface area contributed by atoms with E-state index in [1.165, 1.54) is 18.3 Å². The maximum Gasteiger partial charge on any atom is 0.345 e. The molecule has 9 nitrogen and oxygen atoms in total. The van der Waals surface area contributed by atoms with Gasteiger partial charge in [0.05, 0.1) is 21.7 Å². The van der Waals surface area contributed by atoms with Gasteiger partial charge in [-0.25, -0.2) is 10.2 Å². The third kappa shape index (κ3) is 6.76. The SMILES string of the molecule is O=C(COc1ccc(Cl)cc1[N+](=O)[O-])N/N=C/c1ccc(OC(=O)c2ccccc2Cl)cc1. The first-order chi connectivity index (χ1) is 15.8. The lowest BCUT2D eigenvalue weighted by Gasteiger charge is -2.06. The van der Waals surface area contributed by atoms with E-state index in [-0.39, 0.29) is 27.0 Å². The van der Waals surface area contributed by atoms with E-state index in [4.69, 9.17) is 32.7 Å². The number of hydrogen-bond acceptors (Lipinski definition) is 7. The molecule has 3 rings (SSSR count). The van der Waals surface area contributed by atoms with Crippen LogP contribution in [0.15, 0.2) is 71.8 Å². The van der Waals surface area contributed by atoms with Crippen LogP contribution in [-0.4, -0.2) is 29.6 Å². The second-order valence-corrected chi connectivity index (χ2v) is 7.23. The molecule has 1 N–H and O–H groups in total. The Bertz CT molecular complexity index is 1220. The summed E-state index contributed by atoms with van der Waals surface area (Å²) in [4.78, 5) is 34.4. The van der Waals surface area contributed by atoms with E-state index >= 15 is 0 Å². The highest BCUT2D eigenvalue weighted by Gasteiger charge is 2.16. The predicted octanol–water partition coefficient (Wildman–Crippen LogP) is 4.65. The van der Waals surface area contributed by atoms with Crippen LogP contribution in [0.3, 0.4) is 0 Å². The van der Waals surface area contributed by atoms with Crippen LogP contribution in [0.1, 0.15) is 15.9 Å². The molecule has 0 saturated heterocycles. The van der Waals surface area contributed by atoms with Crippen molar-refractivity contribution in [3.8, 4) is 11.5 Å². The largest absolute Gasteiger partial charge is 0.477 e. The lowest BCUT2D eigenvalue weighted by molar-refractivity contribution is -0.385. The number of nitro benzene ring substituents is 1. The average molecular weight is 488 g/mol. The minimum atomic E-state index is -0.660. The van der Waals surface area contributed by atoms with E-state index in [1.54, 1.807) is 48.5 Å². The summed E-state index contributed by atoms with van der Waals surface area (Å²) < 4.78 is 10.4. The van der Waals surface area contributed by atoms with Gasteiger partial charge in [0.1, 0.15) is 5.75 Å². The summed E-state index contributed by atoms with van der Waals surface area (Å²) in [5, 5.41) is 15.3. The van der Waals surface area contributed by atoms with Gasteiger partial charge in [-0.2, -0.15) is 5.10 Å². The van der Waals surface area contributed by atoms with E-state index in [0.29, 0.717) is 11.3 Å². The van der Waals surface area contributed by atoms with Gasteiger partial charge in [0.15, 0.2) is 12.4 Å². The van der Waals surface area contributed by atoms with Crippen molar-refractivity contribution >= 4 is 47.0 Å². The fraction of sp³-hybridized carbons (Fsp3) is 0.0455. The van der Waals surface area contributed by atoms with E-state index < -0.39 is 23.4 Å². The first-order valence-corrected chi connectivity index (χ1v) is 10.0. The first kappa shape index (κ1) is 23.7. The highest BCUT2D eigenvalue weighted by Crippen LogP contribution is 2.29. The Hall–Kier alpha value is -3.95. The number of amides is 1. The number of benzene rings is 3. The normalized spacial score (nSPS) is 10.6. The van der Waals surface area contributed by atoms with Crippen LogP contribution in [-0.2, 0) is 4.79 Å². The molecular formula is C22H15Cl2N3O6. The van der Waals surface area contributed by atoms with Crippen LogP contribution in [0.25, 0.3) is 0 Å². The number of rotatable bonds is 8. The Morgan fingerprint density at radius 2 is 1.79 bits per heavy atom. The van der Waals surface area contributed by atoms with E-state index in [1.807, 2.05) is 0 Å². The molecule has 3 aromatic rings. The number of hydrogen-bond donors (Lipinski definition) is 1. The summed E-state index contributed by atoms with van der Waals surface area (Å²) in [7, 11) is 0. The summed E-state index contributed by atoms with van der Waals surface area (Å²) in [6.45, 7) is -0.489. The second kappa shape index (κ2) is 11.1. The van der Waals surface area contributed by atoms with E-state index in [0.717, 1.165) is 6.07 Å². The van der Waals surface area contributed by atoms with Crippen molar-refractivity contribution < 1.29 is 24.0 Å². The molecule has 0 atom stereocenters. The molecule has 0 unspecified atom stereocenters. The van der Waals surface area contributed by atoms with Gasteiger partial charge in [0.2, 0.25) is 0 Å². The molecule has 0 aliphatic rings. The monoisotopic (exact) mass is 487 g/mol. The van der Waals surface area contributed by atoms with Gasteiger partial charge in [-0.3, -0.25) is 14.9 Å². The van der Waals surface area contributed by atoms with Crippen LogP contribution in [0, 0.1) is 10.1 Å². The van der Waals surface area contributed by atoms with Crippen molar-refractivity contribution in [1.29, 1.82) is 0 Å². The maximum absolute atomic E-state index is 12.2. The zero-order valence-electron chi connectivity index (χ0n) is 16.7. The van der Waals surface area contributed by atoms with Crippen molar-refractivity contribution in [2.75, 3.05) is 6.61 Å². The molecule has 33 heavy (non-hydrogen) atoms. The summed E-state index contributed by atoms with van der Waals surface area (Å²) in [6, 6.07) is 16.7. The first-order valence-electron chi connectivity index (χ1n) is 9.29. The van der Waals surface area contributed by atoms with Gasteiger partial charge < -0.3 is 9.47 Å². The molecule has 0 saturated carbocycles. The molecular weight excluding hydrogens is 473 g/mol. The molecule has 3 aromatic carbocycles. The van der Waals surface area contributed by atoms with Crippen LogP contribution in [0.4, 0.5) is 5.69 Å². The summed E-state index contributed by atoms with van der Waals surface area (Å²) >= 11 is 11.7. The Labute approximate surface area is 197 Å². The average Bonchev–Trinajstić information content (AvgIpc) is 2.79. The zero-order valence-corrected chi connectivity index (χ0v) is 18.2. The molecule has 0 aromatic heterocycles. The molecule has 0 bridgehead atoms. The third-order valence-corrected chi connectivity index (χ3v) is 4.63. The molecule has 0 aliphatic carbocycles. The standard InChI is InChI=1S/C22H15Cl2N3O6/c23-15-7-10-20(19(11-15)27(30)31)32-13-21(28)26-25-12-14-5-8-16(9-6-14)33-22(29)17-3-1-2-4-18(17)24/h1-12H,13H2,(H,26,28)/b25-12+. The Kier molecular flexibility index (Phi) is 7.96. The van der Waals surface area contributed by atoms with Gasteiger partial charge in [-0.15, -0.1) is 0 Å². The number of esters is 1. The topological polar surface area (TPSA) is 120 Å². The fourth-order valence-corrected chi connectivity index (χ4v) is 2.90. The molecule has 0 fully saturated rings. The molecule has 0 spiro atoms. The number of nitro groups is 1. The van der Waals surface area contributed by atoms with Crippen molar-refractivity contribution in [3.63, 3.8) is 0 Å². The Balaban J connectivity index is 1.50. The Morgan fingerprint density at radius 1 is 1.06 bits per heavy atom. The number of ether oxygens (including phenoxy) is 2. The predicted molar refractivity (Wildman–Crippen MR) is 122 cm³/mol. The molecule has 0 radical (unpaired) electrons. The molecule has 168 valence electrons. The van der Waals surface area contributed by atoms with Crippen LogP contribution in [0.5, 0.6) is 11.5 Å². The smallest absolute Gasteiger partial charge is 0.345 e. The van der Waals surface area contributed by atoms with Gasteiger partial charge in [-0.05, 0) is 54.1 Å². The quantitative estimate of drug-likeness (QED) is 0.162. The number of carbonyl (C=O) groups is 2. The molecule has 11 heteroatoms. The highest BCUT2D eigenvalue weighted by atomic mass is 35.5. The summed E-state index contributed by atoms with van der Waals surface area (Å²) in [6.07, 6.45) is 1.36. The van der Waals surface area contributed by atoms with E-state index in [9.17, 15) is 19.7 Å². The zero-order chi connectivity index (χ0) is 23.8. The van der Waals surface area contributed by atoms with Crippen molar-refractivity contribution in [2.45, 2.75) is 0 Å². The molecule has 0 aliphatic heterocycles. The highest BCUT2D eigenvalue weighted by molar-refractivity contribution is 6.33. The minimum Gasteiger partial charge on any atom is -0.477 e. The second-order valence-electron chi connectivity index (χ2n) is 6.39. The fourth-order valence-electron chi connectivity index (χ4n) is 2.52. The third-order valence-electron chi connectivity index (χ3n) is 4.06. The summed E-state index contributed by atoms with van der Waals surface area (Å²) in [5.74, 6) is -1.000. The van der Waals surface area contributed by atoms with Gasteiger partial charge >= 0.3 is 11.7 Å². The number of nitrogens with zero attached hydrogens (tertiary/aromatic N) is 2. The number of hydrazone groups is 1. The number of halogens is 2. The van der Waals surface area contributed by atoms with Crippen LogP contribution in [0.2, 0.25) is 10.0 Å². The minimum absolute atomic E-state index is 0.0922. The van der Waals surface area contributed by atoms with Gasteiger partial charge in [-0.1, -0.05) is 35.3 Å². The summed E-state index contributed by atoms with van der Waals surface area (Å²) in [5.41, 5.74) is 2.75. The number of nitrogens with one attached hydrogen (secondary N) is 1. The molecule has 1 amide bonds. The van der Waals surface area contributed by atoms with Crippen molar-refractivity contribution in [1.82, 2.24) is 5.43 Å². The number of carbonyl (C=O) groups excluding carboxylic acids is 2. The van der Waals surface area contributed by atoms with Gasteiger partial charge in [0.25, 0.3) is 5.91 Å². The Morgan fingerprint density at radius 3 is 2.48 bits per heavy atom. The maximum atomic E-state index is 12.2. The molecule has 0 heterocycles. The van der Waals surface area contributed by atoms with Crippen LogP contribution >= 0.6 is 23.2 Å².